The highest BCUT2D eigenvalue weighted by atomic mass is 28.3. The molecule has 0 bridgehead atoms. The summed E-state index contributed by atoms with van der Waals surface area (Å²) in [5.74, 6) is 2.03. The van der Waals surface area contributed by atoms with Gasteiger partial charge in [0.05, 0.1) is 42.6 Å². The predicted octanol–water partition coefficient (Wildman–Crippen LogP) is 4.57. The second-order valence-corrected chi connectivity index (χ2v) is 20.2. The fourth-order valence-corrected chi connectivity index (χ4v) is 7.47. The molecule has 45 heavy (non-hydrogen) atoms. The first kappa shape index (κ1) is 32.2. The quantitative estimate of drug-likeness (QED) is 0.214. The van der Waals surface area contributed by atoms with Gasteiger partial charge in [0, 0.05) is 59.3 Å². The van der Waals surface area contributed by atoms with Gasteiger partial charge in [0.1, 0.15) is 24.8 Å². The van der Waals surface area contributed by atoms with E-state index in [1.807, 2.05) is 26.1 Å². The van der Waals surface area contributed by atoms with Crippen molar-refractivity contribution < 1.29 is 23.7 Å². The Morgan fingerprint density at radius 3 is 2.73 bits per heavy atom. The van der Waals surface area contributed by atoms with Gasteiger partial charge < -0.3 is 28.8 Å². The van der Waals surface area contributed by atoms with Crippen LogP contribution in [0.5, 0.6) is 5.75 Å². The van der Waals surface area contributed by atoms with Crippen LogP contribution in [0.4, 0.5) is 5.69 Å². The van der Waals surface area contributed by atoms with Crippen LogP contribution in [0, 0.1) is 11.3 Å². The van der Waals surface area contributed by atoms with E-state index in [0.717, 1.165) is 61.1 Å². The van der Waals surface area contributed by atoms with Gasteiger partial charge in [0.2, 0.25) is 5.91 Å². The highest BCUT2D eigenvalue weighted by Crippen LogP contribution is 2.60. The number of anilines is 1. The molecule has 11 nitrogen and oxygen atoms in total. The summed E-state index contributed by atoms with van der Waals surface area (Å²) in [5.41, 5.74) is 6.12. The van der Waals surface area contributed by atoms with E-state index in [0.29, 0.717) is 55.9 Å². The molecule has 0 unspecified atom stereocenters. The zero-order valence-electron chi connectivity index (χ0n) is 28.1. The molecule has 1 amide bonds. The summed E-state index contributed by atoms with van der Waals surface area (Å²) in [6, 6.07) is 4.74. The third-order valence-electron chi connectivity index (χ3n) is 9.91. The van der Waals surface area contributed by atoms with Crippen molar-refractivity contribution in [2.45, 2.75) is 71.6 Å². The topological polar surface area (TPSA) is 107 Å². The third kappa shape index (κ3) is 6.85. The molecule has 1 saturated carbocycles. The number of benzene rings is 1. The van der Waals surface area contributed by atoms with Crippen molar-refractivity contribution in [2.75, 3.05) is 65.2 Å². The van der Waals surface area contributed by atoms with Gasteiger partial charge in [0.25, 0.3) is 0 Å². The number of nitrogens with zero attached hydrogens (tertiary/aromatic N) is 5. The number of H-pyrrole nitrogens is 1. The lowest BCUT2D eigenvalue weighted by molar-refractivity contribution is -0.124. The number of carbonyl (C=O) groups excluding carboxylic acids is 1. The van der Waals surface area contributed by atoms with Crippen LogP contribution >= 0.6 is 0 Å². The van der Waals surface area contributed by atoms with Crippen LogP contribution in [-0.4, -0.2) is 105 Å². The second-order valence-electron chi connectivity index (χ2n) is 14.5. The number of fused-ring (bicyclic) bond motifs is 3. The zero-order chi connectivity index (χ0) is 31.9. The Balaban J connectivity index is 1.31. The van der Waals surface area contributed by atoms with Crippen molar-refractivity contribution in [2.24, 2.45) is 11.3 Å². The van der Waals surface area contributed by atoms with Crippen LogP contribution in [0.25, 0.3) is 22.6 Å². The van der Waals surface area contributed by atoms with Crippen LogP contribution in [0.2, 0.25) is 25.7 Å². The average molecular weight is 639 g/mol. The maximum absolute atomic E-state index is 13.7. The summed E-state index contributed by atoms with van der Waals surface area (Å²) in [5, 5.41) is 5.10. The number of morpholine rings is 1. The molecule has 1 aromatic carbocycles. The molecule has 0 spiro atoms. The normalized spacial score (nSPS) is 22.2. The number of rotatable bonds is 13. The van der Waals surface area contributed by atoms with Crippen molar-refractivity contribution in [3.05, 3.63) is 23.4 Å². The Bertz CT molecular complexity index is 1530. The number of ether oxygens (including phenoxy) is 4. The van der Waals surface area contributed by atoms with Crippen molar-refractivity contribution in [3.63, 3.8) is 0 Å². The molecule has 1 N–H and O–H groups in total. The van der Waals surface area contributed by atoms with E-state index in [4.69, 9.17) is 29.0 Å². The average Bonchev–Trinajstić information content (AvgIpc) is 3.32. The van der Waals surface area contributed by atoms with Crippen LogP contribution < -0.4 is 9.64 Å². The first-order valence-electron chi connectivity index (χ1n) is 16.4. The molecule has 3 heterocycles. The van der Waals surface area contributed by atoms with Gasteiger partial charge in [-0.15, -0.1) is 0 Å². The number of imidazole rings is 1. The summed E-state index contributed by atoms with van der Waals surface area (Å²) in [6.45, 7) is 16.3. The van der Waals surface area contributed by atoms with Gasteiger partial charge in [0.15, 0.2) is 5.82 Å². The zero-order valence-corrected chi connectivity index (χ0v) is 29.1. The molecular formula is C33H50N6O5Si. The van der Waals surface area contributed by atoms with E-state index in [9.17, 15) is 4.79 Å². The molecule has 2 fully saturated rings. The molecule has 0 radical (unpaired) electrons. The van der Waals surface area contributed by atoms with E-state index < -0.39 is 8.07 Å². The van der Waals surface area contributed by atoms with E-state index in [2.05, 4.69) is 41.1 Å². The van der Waals surface area contributed by atoms with Gasteiger partial charge in [-0.3, -0.25) is 9.69 Å². The summed E-state index contributed by atoms with van der Waals surface area (Å²) in [7, 11) is 2.28. The van der Waals surface area contributed by atoms with Gasteiger partial charge in [-0.25, -0.2) is 9.67 Å². The number of aromatic nitrogens is 4. The van der Waals surface area contributed by atoms with Crippen LogP contribution in [0.3, 0.4) is 0 Å². The second kappa shape index (κ2) is 12.8. The number of hydrogen-bond donors (Lipinski definition) is 1. The summed E-state index contributed by atoms with van der Waals surface area (Å²) >= 11 is 0. The fourth-order valence-electron chi connectivity index (χ4n) is 6.71. The standard InChI is InChI=1S/C33H50N6O5Si/c1-22(38-8-10-42-11-9-38)32(40)37(3)27-17-25-26(18-29(27)44-13-12-41-4)35-31(34-25)30-24-16-23-19-33(23,2)20-28(24)39(36-30)21-43-14-15-45(5,6)7/h17-18,22-23H,8-16,19-21H2,1-7H3,(H,34,35)/t22-,23+,33+/m0/s1. The molecule has 6 rings (SSSR count). The Hall–Kier alpha value is -2.77. The van der Waals surface area contributed by atoms with Gasteiger partial charge in [-0.1, -0.05) is 26.6 Å². The molecule has 2 aromatic heterocycles. The van der Waals surface area contributed by atoms with Crippen molar-refractivity contribution in [3.8, 4) is 17.3 Å². The number of amides is 1. The molecular weight excluding hydrogens is 588 g/mol. The lowest BCUT2D eigenvalue weighted by Gasteiger charge is -2.33. The molecule has 1 saturated heterocycles. The SMILES string of the molecule is COCCOc1cc2nc(-c3nn(COCC[Si](C)(C)C)c4c3C[C@@H]3C[C@]3(C)C4)[nH]c2cc1N(C)C(=O)[C@H](C)N1CCOCC1. The molecule has 12 heteroatoms. The number of nitrogens with one attached hydrogen (secondary N) is 1. The molecule has 3 aromatic rings. The monoisotopic (exact) mass is 638 g/mol. The minimum Gasteiger partial charge on any atom is -0.489 e. The van der Waals surface area contributed by atoms with Crippen LogP contribution in [0.15, 0.2) is 12.1 Å². The summed E-state index contributed by atoms with van der Waals surface area (Å²) < 4.78 is 25.1. The predicted molar refractivity (Wildman–Crippen MR) is 178 cm³/mol. The molecule has 2 aliphatic carbocycles. The summed E-state index contributed by atoms with van der Waals surface area (Å²) in [6.07, 6.45) is 3.29. The molecule has 3 aliphatic rings. The van der Waals surface area contributed by atoms with Crippen molar-refractivity contribution in [1.82, 2.24) is 24.6 Å². The van der Waals surface area contributed by atoms with E-state index in [-0.39, 0.29) is 11.9 Å². The minimum atomic E-state index is -1.18. The minimum absolute atomic E-state index is 0.00185. The Morgan fingerprint density at radius 2 is 2.00 bits per heavy atom. The third-order valence-corrected chi connectivity index (χ3v) is 11.6. The summed E-state index contributed by atoms with van der Waals surface area (Å²) in [4.78, 5) is 26.1. The molecule has 3 atom stereocenters. The van der Waals surface area contributed by atoms with Gasteiger partial charge in [-0.05, 0) is 49.6 Å². The molecule has 1 aliphatic heterocycles. The van der Waals surface area contributed by atoms with E-state index >= 15 is 0 Å². The number of aromatic amines is 1. The van der Waals surface area contributed by atoms with Crippen LogP contribution in [0.1, 0.15) is 31.5 Å². The van der Waals surface area contributed by atoms with Crippen molar-refractivity contribution >= 4 is 30.7 Å². The highest BCUT2D eigenvalue weighted by Gasteiger charge is 2.54. The highest BCUT2D eigenvalue weighted by molar-refractivity contribution is 6.76. The van der Waals surface area contributed by atoms with Gasteiger partial charge >= 0.3 is 0 Å². The smallest absolute Gasteiger partial charge is 0.243 e. The van der Waals surface area contributed by atoms with Crippen LogP contribution in [-0.2, 0) is 38.6 Å². The number of methoxy groups -OCH3 is 1. The fraction of sp³-hybridized carbons (Fsp3) is 0.667. The number of carbonyl (C=O) groups is 1. The van der Waals surface area contributed by atoms with Crippen molar-refractivity contribution in [1.29, 1.82) is 0 Å². The van der Waals surface area contributed by atoms with E-state index in [1.165, 1.54) is 17.7 Å². The Kier molecular flexibility index (Phi) is 9.14. The first-order chi connectivity index (χ1) is 21.5. The number of likely N-dealkylation sites (N-methyl/N-ethyl adjacent to an activating group) is 1. The Labute approximate surface area is 267 Å². The molecule has 246 valence electrons. The van der Waals surface area contributed by atoms with E-state index in [1.54, 1.807) is 12.0 Å². The van der Waals surface area contributed by atoms with Gasteiger partial charge in [-0.2, -0.15) is 5.10 Å². The maximum atomic E-state index is 13.7. The lowest BCUT2D eigenvalue weighted by Crippen LogP contribution is -2.50. The largest absolute Gasteiger partial charge is 0.489 e. The maximum Gasteiger partial charge on any atom is 0.243 e. The Morgan fingerprint density at radius 1 is 1.22 bits per heavy atom. The first-order valence-corrected chi connectivity index (χ1v) is 20.1. The lowest BCUT2D eigenvalue weighted by atomic mass is 9.87. The number of hydrogen-bond acceptors (Lipinski definition) is 8.